The minimum atomic E-state index is -1.29. The third-order valence-electron chi connectivity index (χ3n) is 3.97. The van der Waals surface area contributed by atoms with Crippen molar-refractivity contribution < 1.29 is 14.6 Å². The molecule has 0 bridgehead atoms. The van der Waals surface area contributed by atoms with Crippen molar-refractivity contribution in [3.63, 3.8) is 0 Å². The van der Waals surface area contributed by atoms with Gasteiger partial charge >= 0.3 is 6.16 Å². The van der Waals surface area contributed by atoms with Crippen LogP contribution in [0.4, 0.5) is 4.79 Å². The maximum atomic E-state index is 10.9. The van der Waals surface area contributed by atoms with Crippen LogP contribution in [-0.4, -0.2) is 16.2 Å². The minimum absolute atomic E-state index is 0.376. The molecule has 0 saturated carbocycles. The lowest BCUT2D eigenvalue weighted by Crippen LogP contribution is -2.05. The molecule has 0 amide bonds. The molecule has 0 aliphatic carbocycles. The van der Waals surface area contributed by atoms with Gasteiger partial charge in [0.25, 0.3) is 0 Å². The number of benzene rings is 1. The highest BCUT2D eigenvalue weighted by Gasteiger charge is 2.09. The number of aromatic nitrogens is 1. The number of hydrogen-bond donors (Lipinski definition) is 1. The Morgan fingerprint density at radius 2 is 1.78 bits per heavy atom. The number of aryl methyl sites for hydroxylation is 1. The number of ether oxygens (including phenoxy) is 1. The van der Waals surface area contributed by atoms with Gasteiger partial charge in [-0.1, -0.05) is 57.6 Å². The summed E-state index contributed by atoms with van der Waals surface area (Å²) in [6, 6.07) is 9.23. The second-order valence-electron chi connectivity index (χ2n) is 5.87. The van der Waals surface area contributed by atoms with Gasteiger partial charge < -0.3 is 9.84 Å². The second-order valence-corrected chi connectivity index (χ2v) is 5.87. The van der Waals surface area contributed by atoms with E-state index in [1.807, 2.05) is 24.3 Å². The van der Waals surface area contributed by atoms with E-state index in [1.165, 1.54) is 38.5 Å². The van der Waals surface area contributed by atoms with Crippen molar-refractivity contribution in [2.24, 2.45) is 0 Å². The number of rotatable bonds is 9. The van der Waals surface area contributed by atoms with Gasteiger partial charge in [0.05, 0.1) is 5.52 Å². The molecule has 1 aromatic carbocycles. The lowest BCUT2D eigenvalue weighted by atomic mass is 10.1. The first-order valence-electron chi connectivity index (χ1n) is 8.50. The van der Waals surface area contributed by atoms with Crippen LogP contribution in [0, 0.1) is 0 Å². The Bertz CT molecular complexity index is 640. The molecule has 1 aromatic heterocycles. The van der Waals surface area contributed by atoms with Crippen LogP contribution in [0.3, 0.4) is 0 Å². The normalized spacial score (nSPS) is 10.8. The quantitative estimate of drug-likeness (QED) is 0.484. The van der Waals surface area contributed by atoms with E-state index in [2.05, 4.69) is 11.9 Å². The maximum absolute atomic E-state index is 10.9. The summed E-state index contributed by atoms with van der Waals surface area (Å²) in [7, 11) is 0. The molecule has 0 saturated heterocycles. The van der Waals surface area contributed by atoms with Gasteiger partial charge in [0, 0.05) is 17.1 Å². The molecular formula is C19H25NO3. The number of nitrogens with zero attached hydrogens (tertiary/aromatic N) is 1. The fourth-order valence-electron chi connectivity index (χ4n) is 2.77. The van der Waals surface area contributed by atoms with Crippen LogP contribution in [0.2, 0.25) is 0 Å². The van der Waals surface area contributed by atoms with Crippen LogP contribution >= 0.6 is 0 Å². The summed E-state index contributed by atoms with van der Waals surface area (Å²) >= 11 is 0. The molecule has 0 spiro atoms. The average molecular weight is 315 g/mol. The molecule has 23 heavy (non-hydrogen) atoms. The molecule has 0 aliphatic heterocycles. The van der Waals surface area contributed by atoms with Crippen LogP contribution in [-0.2, 0) is 6.42 Å². The summed E-state index contributed by atoms with van der Waals surface area (Å²) in [6.07, 6.45) is 8.30. The summed E-state index contributed by atoms with van der Waals surface area (Å²) in [5.74, 6) is 0.376. The SMILES string of the molecule is CCCCCCCCCc1cc(OC(=O)O)c2ccccc2n1. The number of para-hydroxylation sites is 1. The smallest absolute Gasteiger partial charge is 0.449 e. The number of hydrogen-bond acceptors (Lipinski definition) is 3. The van der Waals surface area contributed by atoms with E-state index in [4.69, 9.17) is 9.84 Å². The van der Waals surface area contributed by atoms with Gasteiger partial charge in [-0.05, 0) is 25.0 Å². The molecule has 0 fully saturated rings. The highest BCUT2D eigenvalue weighted by atomic mass is 16.7. The van der Waals surface area contributed by atoms with E-state index < -0.39 is 6.16 Å². The zero-order valence-corrected chi connectivity index (χ0v) is 13.8. The van der Waals surface area contributed by atoms with Crippen molar-refractivity contribution in [2.45, 2.75) is 58.3 Å². The zero-order valence-electron chi connectivity index (χ0n) is 13.8. The summed E-state index contributed by atoms with van der Waals surface area (Å²) in [6.45, 7) is 2.22. The minimum Gasteiger partial charge on any atom is -0.449 e. The number of fused-ring (bicyclic) bond motifs is 1. The summed E-state index contributed by atoms with van der Waals surface area (Å²) in [4.78, 5) is 15.5. The number of carboxylic acid groups (broad SMARTS) is 1. The van der Waals surface area contributed by atoms with Crippen LogP contribution in [0.5, 0.6) is 5.75 Å². The van der Waals surface area contributed by atoms with Crippen LogP contribution < -0.4 is 4.74 Å². The summed E-state index contributed by atoms with van der Waals surface area (Å²) in [5.41, 5.74) is 1.68. The average Bonchev–Trinajstić information content (AvgIpc) is 2.53. The van der Waals surface area contributed by atoms with E-state index >= 15 is 0 Å². The predicted molar refractivity (Wildman–Crippen MR) is 92.1 cm³/mol. The van der Waals surface area contributed by atoms with Gasteiger partial charge in [0.15, 0.2) is 0 Å². The molecule has 1 N–H and O–H groups in total. The highest BCUT2D eigenvalue weighted by molar-refractivity contribution is 5.86. The monoisotopic (exact) mass is 315 g/mol. The third-order valence-corrected chi connectivity index (χ3v) is 3.97. The van der Waals surface area contributed by atoms with Crippen LogP contribution in [0.25, 0.3) is 10.9 Å². The molecule has 0 unspecified atom stereocenters. The van der Waals surface area contributed by atoms with Crippen molar-refractivity contribution in [3.05, 3.63) is 36.0 Å². The Morgan fingerprint density at radius 1 is 1.09 bits per heavy atom. The standard InChI is InChI=1S/C19H25NO3/c1-2-3-4-5-6-7-8-11-15-14-18(23-19(21)22)16-12-9-10-13-17(16)20-15/h9-10,12-14H,2-8,11H2,1H3,(H,21,22). The Hall–Kier alpha value is -2.10. The number of pyridine rings is 1. The van der Waals surface area contributed by atoms with Gasteiger partial charge in [-0.2, -0.15) is 0 Å². The first kappa shape index (κ1) is 17.3. The zero-order chi connectivity index (χ0) is 16.5. The van der Waals surface area contributed by atoms with Crippen molar-refractivity contribution in [3.8, 4) is 5.75 Å². The largest absolute Gasteiger partial charge is 0.511 e. The van der Waals surface area contributed by atoms with E-state index in [9.17, 15) is 4.79 Å². The second kappa shape index (κ2) is 9.13. The van der Waals surface area contributed by atoms with Crippen molar-refractivity contribution >= 4 is 17.1 Å². The summed E-state index contributed by atoms with van der Waals surface area (Å²) in [5, 5.41) is 9.63. The molecule has 0 radical (unpaired) electrons. The van der Waals surface area contributed by atoms with Crippen LogP contribution in [0.1, 0.15) is 57.6 Å². The van der Waals surface area contributed by atoms with Gasteiger partial charge in [0.2, 0.25) is 0 Å². The summed E-state index contributed by atoms with van der Waals surface area (Å²) < 4.78 is 4.92. The first-order chi connectivity index (χ1) is 11.2. The van der Waals surface area contributed by atoms with Crippen molar-refractivity contribution in [2.75, 3.05) is 0 Å². The highest BCUT2D eigenvalue weighted by Crippen LogP contribution is 2.26. The third kappa shape index (κ3) is 5.55. The molecule has 2 aromatic rings. The Balaban J connectivity index is 1.96. The van der Waals surface area contributed by atoms with Crippen LogP contribution in [0.15, 0.2) is 30.3 Å². The molecule has 1 heterocycles. The first-order valence-corrected chi connectivity index (χ1v) is 8.50. The Labute approximate surface area is 137 Å². The molecule has 4 heteroatoms. The van der Waals surface area contributed by atoms with E-state index in [0.29, 0.717) is 5.75 Å². The molecule has 2 rings (SSSR count). The maximum Gasteiger partial charge on any atom is 0.511 e. The van der Waals surface area contributed by atoms with E-state index in [-0.39, 0.29) is 0 Å². The van der Waals surface area contributed by atoms with Gasteiger partial charge in [-0.25, -0.2) is 4.79 Å². The lowest BCUT2D eigenvalue weighted by Gasteiger charge is -2.08. The Kier molecular flexibility index (Phi) is 6.85. The van der Waals surface area contributed by atoms with Gasteiger partial charge in [-0.15, -0.1) is 0 Å². The molecule has 0 atom stereocenters. The predicted octanol–water partition coefficient (Wildman–Crippen LogP) is 5.58. The Morgan fingerprint density at radius 3 is 2.52 bits per heavy atom. The van der Waals surface area contributed by atoms with E-state index in [1.54, 1.807) is 6.07 Å². The lowest BCUT2D eigenvalue weighted by molar-refractivity contribution is 0.145. The van der Waals surface area contributed by atoms with Gasteiger partial charge in [0.1, 0.15) is 5.75 Å². The van der Waals surface area contributed by atoms with Crippen molar-refractivity contribution in [1.29, 1.82) is 0 Å². The fraction of sp³-hybridized carbons (Fsp3) is 0.474. The van der Waals surface area contributed by atoms with Crippen molar-refractivity contribution in [1.82, 2.24) is 4.98 Å². The molecular weight excluding hydrogens is 290 g/mol. The van der Waals surface area contributed by atoms with E-state index in [0.717, 1.165) is 29.4 Å². The van der Waals surface area contributed by atoms with Gasteiger partial charge in [-0.3, -0.25) is 4.98 Å². The number of unbranched alkanes of at least 4 members (excludes halogenated alkanes) is 6. The molecule has 0 aliphatic rings. The topological polar surface area (TPSA) is 59.4 Å². The molecule has 4 nitrogen and oxygen atoms in total. The molecule has 124 valence electrons. The fourth-order valence-corrected chi connectivity index (χ4v) is 2.77. The number of carbonyl (C=O) groups is 1.